The Morgan fingerprint density at radius 2 is 1.74 bits per heavy atom. The SMILES string of the molecule is CCNC(=O)C(C)(C)CCOC(C)(C)CC(=O)NC. The Hall–Kier alpha value is -1.10. The van der Waals surface area contributed by atoms with Gasteiger partial charge in [-0.25, -0.2) is 0 Å². The Morgan fingerprint density at radius 3 is 2.21 bits per heavy atom. The molecule has 0 aromatic heterocycles. The number of hydrogen-bond acceptors (Lipinski definition) is 3. The van der Waals surface area contributed by atoms with Crippen molar-refractivity contribution in [3.8, 4) is 0 Å². The Balaban J connectivity index is 4.20. The molecule has 19 heavy (non-hydrogen) atoms. The maximum absolute atomic E-state index is 11.8. The Kier molecular flexibility index (Phi) is 7.05. The van der Waals surface area contributed by atoms with Crippen molar-refractivity contribution < 1.29 is 14.3 Å². The van der Waals surface area contributed by atoms with Crippen LogP contribution in [0.2, 0.25) is 0 Å². The summed E-state index contributed by atoms with van der Waals surface area (Å²) in [6, 6.07) is 0. The van der Waals surface area contributed by atoms with Crippen LogP contribution in [-0.2, 0) is 14.3 Å². The van der Waals surface area contributed by atoms with Gasteiger partial charge >= 0.3 is 0 Å². The number of carbonyl (C=O) groups excluding carboxylic acids is 2. The fraction of sp³-hybridized carbons (Fsp3) is 0.857. The van der Waals surface area contributed by atoms with Gasteiger partial charge in [0.25, 0.3) is 0 Å². The molecule has 0 heterocycles. The van der Waals surface area contributed by atoms with E-state index in [-0.39, 0.29) is 11.8 Å². The molecule has 0 aromatic rings. The maximum Gasteiger partial charge on any atom is 0.225 e. The van der Waals surface area contributed by atoms with Crippen LogP contribution in [0.3, 0.4) is 0 Å². The molecular formula is C14H28N2O3. The maximum atomic E-state index is 11.8. The third-order valence-corrected chi connectivity index (χ3v) is 3.04. The highest BCUT2D eigenvalue weighted by molar-refractivity contribution is 5.81. The quantitative estimate of drug-likeness (QED) is 0.703. The van der Waals surface area contributed by atoms with E-state index in [0.29, 0.717) is 26.0 Å². The van der Waals surface area contributed by atoms with Gasteiger partial charge in [0.05, 0.1) is 12.0 Å². The largest absolute Gasteiger partial charge is 0.375 e. The van der Waals surface area contributed by atoms with E-state index in [4.69, 9.17) is 4.74 Å². The first-order valence-corrected chi connectivity index (χ1v) is 6.77. The fourth-order valence-electron chi connectivity index (χ4n) is 1.62. The molecule has 0 spiro atoms. The van der Waals surface area contributed by atoms with Crippen molar-refractivity contribution in [2.75, 3.05) is 20.2 Å². The van der Waals surface area contributed by atoms with Crippen LogP contribution < -0.4 is 10.6 Å². The molecule has 0 saturated heterocycles. The van der Waals surface area contributed by atoms with Crippen molar-refractivity contribution in [3.05, 3.63) is 0 Å². The first-order valence-electron chi connectivity index (χ1n) is 6.77. The van der Waals surface area contributed by atoms with Gasteiger partial charge in [-0.2, -0.15) is 0 Å². The number of ether oxygens (including phenoxy) is 1. The average Bonchev–Trinajstić information content (AvgIpc) is 2.27. The highest BCUT2D eigenvalue weighted by atomic mass is 16.5. The lowest BCUT2D eigenvalue weighted by molar-refractivity contribution is -0.133. The molecule has 0 rings (SSSR count). The number of hydrogen-bond donors (Lipinski definition) is 2. The summed E-state index contributed by atoms with van der Waals surface area (Å²) in [5, 5.41) is 5.40. The summed E-state index contributed by atoms with van der Waals surface area (Å²) in [7, 11) is 1.61. The van der Waals surface area contributed by atoms with Crippen molar-refractivity contribution in [1.29, 1.82) is 0 Å². The molecule has 0 aromatic carbocycles. The van der Waals surface area contributed by atoms with Crippen LogP contribution in [0.5, 0.6) is 0 Å². The van der Waals surface area contributed by atoms with E-state index >= 15 is 0 Å². The molecule has 0 atom stereocenters. The summed E-state index contributed by atoms with van der Waals surface area (Å²) in [4.78, 5) is 23.1. The van der Waals surface area contributed by atoms with E-state index in [1.54, 1.807) is 7.05 Å². The minimum atomic E-state index is -0.516. The van der Waals surface area contributed by atoms with E-state index < -0.39 is 11.0 Å². The molecule has 0 aliphatic carbocycles. The molecule has 0 bridgehead atoms. The first-order chi connectivity index (χ1) is 8.64. The average molecular weight is 272 g/mol. The molecular weight excluding hydrogens is 244 g/mol. The molecule has 0 unspecified atom stereocenters. The second-order valence-corrected chi connectivity index (χ2v) is 5.95. The standard InChI is InChI=1S/C14H28N2O3/c1-7-16-12(18)13(2,3)8-9-19-14(4,5)10-11(17)15-6/h7-10H2,1-6H3,(H,15,17)(H,16,18). The van der Waals surface area contributed by atoms with E-state index in [2.05, 4.69) is 10.6 Å². The molecule has 5 nitrogen and oxygen atoms in total. The zero-order valence-corrected chi connectivity index (χ0v) is 13.1. The molecule has 5 heteroatoms. The Labute approximate surface area is 116 Å². The van der Waals surface area contributed by atoms with Gasteiger partial charge in [0, 0.05) is 25.6 Å². The number of carbonyl (C=O) groups is 2. The Morgan fingerprint density at radius 1 is 1.16 bits per heavy atom. The summed E-state index contributed by atoms with van der Waals surface area (Å²) in [6.07, 6.45) is 0.932. The summed E-state index contributed by atoms with van der Waals surface area (Å²) in [5.41, 5.74) is -0.976. The van der Waals surface area contributed by atoms with Gasteiger partial charge in [0.1, 0.15) is 0 Å². The van der Waals surface area contributed by atoms with E-state index in [1.807, 2.05) is 34.6 Å². The second kappa shape index (κ2) is 7.48. The van der Waals surface area contributed by atoms with Crippen molar-refractivity contribution in [1.82, 2.24) is 10.6 Å². The van der Waals surface area contributed by atoms with E-state index in [1.165, 1.54) is 0 Å². The number of nitrogens with one attached hydrogen (secondary N) is 2. The van der Waals surface area contributed by atoms with Gasteiger partial charge in [-0.3, -0.25) is 9.59 Å². The lowest BCUT2D eigenvalue weighted by Gasteiger charge is -2.28. The highest BCUT2D eigenvalue weighted by Crippen LogP contribution is 2.23. The van der Waals surface area contributed by atoms with Crippen LogP contribution in [0.4, 0.5) is 0 Å². The topological polar surface area (TPSA) is 67.4 Å². The molecule has 0 radical (unpaired) electrons. The van der Waals surface area contributed by atoms with Gasteiger partial charge < -0.3 is 15.4 Å². The number of rotatable bonds is 8. The molecule has 0 aliphatic rings. The lowest BCUT2D eigenvalue weighted by Crippen LogP contribution is -2.39. The zero-order valence-electron chi connectivity index (χ0n) is 13.1. The van der Waals surface area contributed by atoms with E-state index in [0.717, 1.165) is 0 Å². The minimum Gasteiger partial charge on any atom is -0.375 e. The summed E-state index contributed by atoms with van der Waals surface area (Å²) >= 11 is 0. The monoisotopic (exact) mass is 272 g/mol. The van der Waals surface area contributed by atoms with Crippen molar-refractivity contribution in [2.45, 2.75) is 53.1 Å². The number of amides is 2. The Bertz CT molecular complexity index is 312. The van der Waals surface area contributed by atoms with Crippen LogP contribution >= 0.6 is 0 Å². The molecule has 2 amide bonds. The van der Waals surface area contributed by atoms with Crippen LogP contribution in [0.25, 0.3) is 0 Å². The van der Waals surface area contributed by atoms with Gasteiger partial charge in [0.2, 0.25) is 11.8 Å². The predicted octanol–water partition coefficient (Wildman–Crippen LogP) is 1.47. The summed E-state index contributed by atoms with van der Waals surface area (Å²) < 4.78 is 5.73. The van der Waals surface area contributed by atoms with Crippen molar-refractivity contribution >= 4 is 11.8 Å². The smallest absolute Gasteiger partial charge is 0.225 e. The van der Waals surface area contributed by atoms with Gasteiger partial charge in [-0.05, 0) is 27.2 Å². The molecule has 2 N–H and O–H groups in total. The summed E-state index contributed by atoms with van der Waals surface area (Å²) in [5.74, 6) is -0.0179. The summed E-state index contributed by atoms with van der Waals surface area (Å²) in [6.45, 7) is 10.5. The zero-order chi connectivity index (χ0) is 15.1. The fourth-order valence-corrected chi connectivity index (χ4v) is 1.62. The van der Waals surface area contributed by atoms with E-state index in [9.17, 15) is 9.59 Å². The third kappa shape index (κ3) is 7.15. The van der Waals surface area contributed by atoms with Gasteiger partial charge in [-0.1, -0.05) is 13.8 Å². The third-order valence-electron chi connectivity index (χ3n) is 3.04. The predicted molar refractivity (Wildman–Crippen MR) is 75.8 cm³/mol. The lowest BCUT2D eigenvalue weighted by atomic mass is 9.88. The van der Waals surface area contributed by atoms with Crippen LogP contribution in [0, 0.1) is 5.41 Å². The normalized spacial score (nSPS) is 12.1. The van der Waals surface area contributed by atoms with Crippen molar-refractivity contribution in [2.24, 2.45) is 5.41 Å². The van der Waals surface area contributed by atoms with Crippen LogP contribution in [-0.4, -0.2) is 37.6 Å². The molecule has 112 valence electrons. The molecule has 0 aliphatic heterocycles. The molecule has 0 fully saturated rings. The molecule has 0 saturated carbocycles. The van der Waals surface area contributed by atoms with Crippen LogP contribution in [0.1, 0.15) is 47.5 Å². The first kappa shape index (κ1) is 17.9. The van der Waals surface area contributed by atoms with Gasteiger partial charge in [-0.15, -0.1) is 0 Å². The highest BCUT2D eigenvalue weighted by Gasteiger charge is 2.29. The second-order valence-electron chi connectivity index (χ2n) is 5.95. The van der Waals surface area contributed by atoms with Crippen LogP contribution in [0.15, 0.2) is 0 Å². The van der Waals surface area contributed by atoms with Gasteiger partial charge in [0.15, 0.2) is 0 Å². The minimum absolute atomic E-state index is 0.0303. The van der Waals surface area contributed by atoms with Crippen molar-refractivity contribution in [3.63, 3.8) is 0 Å².